The molecule has 1 spiro atoms. The number of methoxy groups -OCH3 is 1. The van der Waals surface area contributed by atoms with E-state index in [2.05, 4.69) is 0 Å². The van der Waals surface area contributed by atoms with Crippen LogP contribution in [-0.4, -0.2) is 72.3 Å². The molecule has 0 aromatic heterocycles. The molecule has 31 heavy (non-hydrogen) atoms. The molecule has 166 valence electrons. The number of hydrogen-bond acceptors (Lipinski definition) is 5. The largest absolute Gasteiger partial charge is 0.469 e. The van der Waals surface area contributed by atoms with E-state index in [-0.39, 0.29) is 30.1 Å². The zero-order chi connectivity index (χ0) is 22.2. The third kappa shape index (κ3) is 3.58. The van der Waals surface area contributed by atoms with Gasteiger partial charge in [-0.15, -0.1) is 0 Å². The van der Waals surface area contributed by atoms with E-state index in [4.69, 9.17) is 4.74 Å². The Bertz CT molecular complexity index is 904. The molecule has 1 unspecified atom stereocenters. The smallest absolute Gasteiger partial charge is 0.311 e. The summed E-state index contributed by atoms with van der Waals surface area (Å²) >= 11 is 0. The maximum absolute atomic E-state index is 13.2. The van der Waals surface area contributed by atoms with E-state index >= 15 is 0 Å². The van der Waals surface area contributed by atoms with E-state index < -0.39 is 11.5 Å². The number of anilines is 1. The van der Waals surface area contributed by atoms with Crippen molar-refractivity contribution < 1.29 is 23.9 Å². The summed E-state index contributed by atoms with van der Waals surface area (Å²) in [4.78, 5) is 55.5. The van der Waals surface area contributed by atoms with Crippen LogP contribution >= 0.6 is 0 Å². The number of carbonyl (C=O) groups is 4. The Morgan fingerprint density at radius 1 is 1.13 bits per heavy atom. The lowest BCUT2D eigenvalue weighted by atomic mass is 9.76. The number of ether oxygens (including phenoxy) is 1. The molecule has 1 atom stereocenters. The van der Waals surface area contributed by atoms with Gasteiger partial charge in [0.05, 0.1) is 18.6 Å². The minimum Gasteiger partial charge on any atom is -0.469 e. The third-order valence-corrected chi connectivity index (χ3v) is 7.06. The van der Waals surface area contributed by atoms with Crippen LogP contribution in [0.2, 0.25) is 0 Å². The molecule has 1 aromatic carbocycles. The molecule has 0 bridgehead atoms. The molecule has 3 heterocycles. The SMILES string of the molecule is CCN1C(=O)CC(C(=O)OC)C12CCN(C(=O)c1cccc(N3CCCC3=O)c1)CC2. The number of nitrogens with zero attached hydrogens (tertiary/aromatic N) is 3. The van der Waals surface area contributed by atoms with Gasteiger partial charge >= 0.3 is 5.97 Å². The van der Waals surface area contributed by atoms with Gasteiger partial charge in [0.25, 0.3) is 5.91 Å². The standard InChI is InChI=1S/C23H29N3O5/c1-3-26-20(28)15-18(22(30)31-2)23(26)9-12-24(13-10-23)21(29)16-6-4-7-17(14-16)25-11-5-8-19(25)27/h4,6-7,14,18H,3,5,8-13,15H2,1-2H3. The van der Waals surface area contributed by atoms with Gasteiger partial charge in [0.15, 0.2) is 0 Å². The van der Waals surface area contributed by atoms with Crippen molar-refractivity contribution in [3.8, 4) is 0 Å². The number of likely N-dealkylation sites (tertiary alicyclic amines) is 2. The van der Waals surface area contributed by atoms with Crippen LogP contribution in [0.4, 0.5) is 5.69 Å². The molecule has 0 N–H and O–H groups in total. The molecule has 0 radical (unpaired) electrons. The summed E-state index contributed by atoms with van der Waals surface area (Å²) in [6.45, 7) is 4.05. The van der Waals surface area contributed by atoms with Crippen molar-refractivity contribution in [3.63, 3.8) is 0 Å². The van der Waals surface area contributed by atoms with Gasteiger partial charge in [-0.1, -0.05) is 6.07 Å². The number of benzene rings is 1. The third-order valence-electron chi connectivity index (χ3n) is 7.06. The normalized spacial score (nSPS) is 23.0. The van der Waals surface area contributed by atoms with Crippen molar-refractivity contribution in [2.45, 2.75) is 44.6 Å². The van der Waals surface area contributed by atoms with Gasteiger partial charge in [-0.25, -0.2) is 0 Å². The van der Waals surface area contributed by atoms with Crippen LogP contribution < -0.4 is 4.90 Å². The topological polar surface area (TPSA) is 87.2 Å². The van der Waals surface area contributed by atoms with Crippen LogP contribution in [0.25, 0.3) is 0 Å². The predicted octanol–water partition coefficient (Wildman–Crippen LogP) is 1.83. The summed E-state index contributed by atoms with van der Waals surface area (Å²) in [5, 5.41) is 0. The van der Waals surface area contributed by atoms with E-state index in [1.54, 1.807) is 32.9 Å². The van der Waals surface area contributed by atoms with E-state index in [0.29, 0.717) is 51.0 Å². The van der Waals surface area contributed by atoms with Crippen LogP contribution in [0.1, 0.15) is 49.4 Å². The van der Waals surface area contributed by atoms with Crippen LogP contribution in [0.15, 0.2) is 24.3 Å². The molecule has 1 aromatic rings. The number of amides is 3. The number of rotatable bonds is 4. The van der Waals surface area contributed by atoms with Crippen molar-refractivity contribution in [1.82, 2.24) is 9.80 Å². The van der Waals surface area contributed by atoms with Gasteiger partial charge in [-0.2, -0.15) is 0 Å². The average Bonchev–Trinajstić information content (AvgIpc) is 3.34. The quantitative estimate of drug-likeness (QED) is 0.684. The van der Waals surface area contributed by atoms with E-state index in [9.17, 15) is 19.2 Å². The number of carbonyl (C=O) groups excluding carboxylic acids is 4. The summed E-state index contributed by atoms with van der Waals surface area (Å²) in [5.74, 6) is -0.881. The van der Waals surface area contributed by atoms with Crippen LogP contribution in [0, 0.1) is 5.92 Å². The van der Waals surface area contributed by atoms with E-state index in [1.807, 2.05) is 13.0 Å². The first-order valence-corrected chi connectivity index (χ1v) is 11.0. The highest BCUT2D eigenvalue weighted by Gasteiger charge is 2.56. The Kier molecular flexibility index (Phi) is 5.73. The highest BCUT2D eigenvalue weighted by Crippen LogP contribution is 2.44. The van der Waals surface area contributed by atoms with Crippen molar-refractivity contribution in [2.75, 3.05) is 38.2 Å². The van der Waals surface area contributed by atoms with Crippen molar-refractivity contribution in [1.29, 1.82) is 0 Å². The Morgan fingerprint density at radius 3 is 2.48 bits per heavy atom. The number of piperidine rings is 1. The summed E-state index contributed by atoms with van der Waals surface area (Å²) in [7, 11) is 1.35. The monoisotopic (exact) mass is 427 g/mol. The zero-order valence-electron chi connectivity index (χ0n) is 18.1. The minimum atomic E-state index is -0.584. The molecule has 0 saturated carbocycles. The van der Waals surface area contributed by atoms with Gasteiger partial charge in [0.2, 0.25) is 11.8 Å². The molecule has 3 amide bonds. The summed E-state index contributed by atoms with van der Waals surface area (Å²) in [6, 6.07) is 7.22. The molecule has 3 fully saturated rings. The fraction of sp³-hybridized carbons (Fsp3) is 0.565. The highest BCUT2D eigenvalue weighted by atomic mass is 16.5. The molecular weight excluding hydrogens is 398 g/mol. The summed E-state index contributed by atoms with van der Waals surface area (Å²) in [6.07, 6.45) is 2.63. The maximum atomic E-state index is 13.2. The molecular formula is C23H29N3O5. The molecule has 8 heteroatoms. The fourth-order valence-corrected chi connectivity index (χ4v) is 5.47. The lowest BCUT2D eigenvalue weighted by Crippen LogP contribution is -2.58. The first-order chi connectivity index (χ1) is 14.9. The molecule has 8 nitrogen and oxygen atoms in total. The molecule has 3 aliphatic rings. The number of esters is 1. The van der Waals surface area contributed by atoms with Crippen molar-refractivity contribution in [3.05, 3.63) is 29.8 Å². The Labute approximate surface area is 182 Å². The molecule has 3 saturated heterocycles. The van der Waals surface area contributed by atoms with E-state index in [1.165, 1.54) is 7.11 Å². The number of hydrogen-bond donors (Lipinski definition) is 0. The Balaban J connectivity index is 1.50. The second kappa shape index (κ2) is 8.32. The van der Waals surface area contributed by atoms with Crippen molar-refractivity contribution in [2.24, 2.45) is 5.92 Å². The first-order valence-electron chi connectivity index (χ1n) is 11.0. The van der Waals surface area contributed by atoms with E-state index in [0.717, 1.165) is 12.1 Å². The van der Waals surface area contributed by atoms with Gasteiger partial charge in [0.1, 0.15) is 0 Å². The van der Waals surface area contributed by atoms with Gasteiger partial charge in [-0.3, -0.25) is 19.2 Å². The molecule has 0 aliphatic carbocycles. The van der Waals surface area contributed by atoms with Crippen LogP contribution in [-0.2, 0) is 19.1 Å². The average molecular weight is 428 g/mol. The minimum absolute atomic E-state index is 0.0272. The maximum Gasteiger partial charge on any atom is 0.311 e. The summed E-state index contributed by atoms with van der Waals surface area (Å²) in [5.41, 5.74) is 0.720. The Hall–Kier alpha value is -2.90. The fourth-order valence-electron chi connectivity index (χ4n) is 5.47. The van der Waals surface area contributed by atoms with Gasteiger partial charge in [-0.05, 0) is 44.4 Å². The Morgan fingerprint density at radius 2 is 1.87 bits per heavy atom. The first kappa shape index (κ1) is 21.3. The van der Waals surface area contributed by atoms with Crippen LogP contribution in [0.5, 0.6) is 0 Å². The summed E-state index contributed by atoms with van der Waals surface area (Å²) < 4.78 is 4.99. The lowest BCUT2D eigenvalue weighted by Gasteiger charge is -2.46. The highest BCUT2D eigenvalue weighted by molar-refractivity contribution is 5.99. The zero-order valence-corrected chi connectivity index (χ0v) is 18.1. The van der Waals surface area contributed by atoms with Crippen molar-refractivity contribution >= 4 is 29.4 Å². The lowest BCUT2D eigenvalue weighted by molar-refractivity contribution is -0.150. The predicted molar refractivity (Wildman–Crippen MR) is 113 cm³/mol. The molecule has 3 aliphatic heterocycles. The van der Waals surface area contributed by atoms with Gasteiger partial charge < -0.3 is 19.4 Å². The van der Waals surface area contributed by atoms with Gasteiger partial charge in [0, 0.05) is 50.3 Å². The second-order valence-electron chi connectivity index (χ2n) is 8.51. The second-order valence-corrected chi connectivity index (χ2v) is 8.51. The molecule has 4 rings (SSSR count). The van der Waals surface area contributed by atoms with Crippen LogP contribution in [0.3, 0.4) is 0 Å².